The molecule has 0 radical (unpaired) electrons. The van der Waals surface area contributed by atoms with Crippen molar-refractivity contribution >= 4 is 17.5 Å². The summed E-state index contributed by atoms with van der Waals surface area (Å²) >= 11 is 1.35. The van der Waals surface area contributed by atoms with Crippen LogP contribution in [0.2, 0.25) is 0 Å². The highest BCUT2D eigenvalue weighted by atomic mass is 32.1. The smallest absolute Gasteiger partial charge is 0.449 e. The van der Waals surface area contributed by atoms with Crippen molar-refractivity contribution in [2.75, 3.05) is 0 Å². The van der Waals surface area contributed by atoms with Crippen molar-refractivity contribution in [2.45, 2.75) is 0 Å². The average Bonchev–Trinajstić information content (AvgIpc) is 2.66. The Balaban J connectivity index is 2.37. The molecule has 0 spiro atoms. The van der Waals surface area contributed by atoms with Crippen molar-refractivity contribution in [3.8, 4) is 16.3 Å². The average molecular weight is 221 g/mol. The second kappa shape index (κ2) is 4.10. The van der Waals surface area contributed by atoms with Crippen molar-refractivity contribution in [1.29, 1.82) is 0 Å². The van der Waals surface area contributed by atoms with Crippen LogP contribution >= 0.6 is 11.3 Å². The molecule has 0 atom stereocenters. The lowest BCUT2D eigenvalue weighted by atomic mass is 10.2. The van der Waals surface area contributed by atoms with E-state index in [1.807, 2.05) is 30.3 Å². The van der Waals surface area contributed by atoms with Gasteiger partial charge < -0.3 is 9.84 Å². The van der Waals surface area contributed by atoms with Gasteiger partial charge in [-0.2, -0.15) is 0 Å². The molecule has 0 fully saturated rings. The molecule has 2 rings (SSSR count). The van der Waals surface area contributed by atoms with E-state index >= 15 is 0 Å². The van der Waals surface area contributed by atoms with Crippen LogP contribution < -0.4 is 4.74 Å². The molecule has 15 heavy (non-hydrogen) atoms. The van der Waals surface area contributed by atoms with Crippen LogP contribution in [0.4, 0.5) is 4.79 Å². The van der Waals surface area contributed by atoms with E-state index < -0.39 is 6.16 Å². The molecule has 1 aromatic carbocycles. The molecule has 1 aromatic heterocycles. The van der Waals surface area contributed by atoms with Gasteiger partial charge in [0.05, 0.1) is 10.4 Å². The Labute approximate surface area is 89.8 Å². The first-order valence-corrected chi connectivity index (χ1v) is 5.05. The van der Waals surface area contributed by atoms with Crippen LogP contribution in [0.15, 0.2) is 35.8 Å². The molecule has 76 valence electrons. The van der Waals surface area contributed by atoms with Gasteiger partial charge in [-0.15, -0.1) is 11.3 Å². The van der Waals surface area contributed by atoms with Gasteiger partial charge in [0.25, 0.3) is 0 Å². The van der Waals surface area contributed by atoms with Crippen molar-refractivity contribution in [1.82, 2.24) is 4.98 Å². The maximum atomic E-state index is 10.4. The maximum absolute atomic E-state index is 10.4. The van der Waals surface area contributed by atoms with Gasteiger partial charge in [-0.1, -0.05) is 30.3 Å². The maximum Gasteiger partial charge on any atom is 0.512 e. The summed E-state index contributed by atoms with van der Waals surface area (Å²) in [6.45, 7) is 0. The van der Waals surface area contributed by atoms with Crippen LogP contribution in [-0.4, -0.2) is 16.2 Å². The molecule has 1 N–H and O–H groups in total. The van der Waals surface area contributed by atoms with Crippen molar-refractivity contribution in [3.05, 3.63) is 35.8 Å². The normalized spacial score (nSPS) is 9.87. The fourth-order valence-corrected chi connectivity index (χ4v) is 1.89. The number of nitrogens with zero attached hydrogens (tertiary/aromatic N) is 1. The minimum absolute atomic E-state index is 0.138. The number of hydrogen-bond acceptors (Lipinski definition) is 4. The summed E-state index contributed by atoms with van der Waals surface area (Å²) in [7, 11) is 0. The van der Waals surface area contributed by atoms with E-state index in [9.17, 15) is 4.79 Å². The largest absolute Gasteiger partial charge is 0.512 e. The minimum atomic E-state index is -1.35. The molecule has 0 amide bonds. The van der Waals surface area contributed by atoms with Crippen LogP contribution in [0.3, 0.4) is 0 Å². The molecule has 0 saturated heterocycles. The molecule has 0 aliphatic heterocycles. The third-order valence-corrected chi connectivity index (χ3v) is 2.61. The fourth-order valence-electron chi connectivity index (χ4n) is 1.17. The van der Waals surface area contributed by atoms with Crippen LogP contribution in [0, 0.1) is 0 Å². The van der Waals surface area contributed by atoms with E-state index in [1.165, 1.54) is 11.3 Å². The summed E-state index contributed by atoms with van der Waals surface area (Å²) in [6, 6.07) is 9.39. The number of carboxylic acid groups (broad SMARTS) is 1. The first kappa shape index (κ1) is 9.67. The van der Waals surface area contributed by atoms with E-state index in [0.717, 1.165) is 10.4 Å². The molecule has 0 aliphatic carbocycles. The summed E-state index contributed by atoms with van der Waals surface area (Å²) in [5, 5.41) is 8.50. The monoisotopic (exact) mass is 221 g/mol. The lowest BCUT2D eigenvalue weighted by Crippen LogP contribution is -2.03. The predicted octanol–water partition coefficient (Wildman–Crippen LogP) is 2.87. The van der Waals surface area contributed by atoms with Gasteiger partial charge in [-0.05, 0) is 5.56 Å². The molecule has 2 aromatic rings. The van der Waals surface area contributed by atoms with E-state index in [-0.39, 0.29) is 5.88 Å². The number of aromatic nitrogens is 1. The van der Waals surface area contributed by atoms with Crippen molar-refractivity contribution < 1.29 is 14.6 Å². The Morgan fingerprint density at radius 2 is 2.07 bits per heavy atom. The lowest BCUT2D eigenvalue weighted by molar-refractivity contribution is 0.143. The second-order valence-electron chi connectivity index (χ2n) is 2.72. The zero-order valence-electron chi connectivity index (χ0n) is 7.58. The Morgan fingerprint density at radius 1 is 1.33 bits per heavy atom. The molecule has 0 saturated carbocycles. The Bertz CT molecular complexity index is 467. The SMILES string of the molecule is O=C(O)Oc1ncsc1-c1ccccc1. The number of rotatable bonds is 2. The third kappa shape index (κ3) is 2.13. The standard InChI is InChI=1S/C10H7NO3S/c12-10(13)14-9-8(15-6-11-9)7-4-2-1-3-5-7/h1-6H,(H,12,13). The molecule has 0 bridgehead atoms. The van der Waals surface area contributed by atoms with E-state index in [0.29, 0.717) is 0 Å². The van der Waals surface area contributed by atoms with Crippen LogP contribution in [0.25, 0.3) is 10.4 Å². The molecular weight excluding hydrogens is 214 g/mol. The summed E-state index contributed by atoms with van der Waals surface area (Å²) < 4.78 is 4.56. The number of ether oxygens (including phenoxy) is 1. The Hall–Kier alpha value is -1.88. The van der Waals surface area contributed by atoms with Gasteiger partial charge in [0.1, 0.15) is 0 Å². The Morgan fingerprint density at radius 3 is 2.73 bits per heavy atom. The van der Waals surface area contributed by atoms with Crippen LogP contribution in [0.1, 0.15) is 0 Å². The van der Waals surface area contributed by atoms with Gasteiger partial charge in [0.15, 0.2) is 0 Å². The van der Waals surface area contributed by atoms with Crippen molar-refractivity contribution in [2.24, 2.45) is 0 Å². The number of hydrogen-bond donors (Lipinski definition) is 1. The first-order chi connectivity index (χ1) is 7.27. The first-order valence-electron chi connectivity index (χ1n) is 4.17. The number of carbonyl (C=O) groups is 1. The highest BCUT2D eigenvalue weighted by Crippen LogP contribution is 2.32. The van der Waals surface area contributed by atoms with Gasteiger partial charge in [0, 0.05) is 0 Å². The van der Waals surface area contributed by atoms with E-state index in [4.69, 9.17) is 5.11 Å². The molecule has 0 aliphatic rings. The van der Waals surface area contributed by atoms with E-state index in [1.54, 1.807) is 5.51 Å². The minimum Gasteiger partial charge on any atom is -0.449 e. The zero-order chi connectivity index (χ0) is 10.7. The van der Waals surface area contributed by atoms with Crippen LogP contribution in [-0.2, 0) is 0 Å². The topological polar surface area (TPSA) is 59.4 Å². The predicted molar refractivity (Wildman–Crippen MR) is 56.2 cm³/mol. The molecular formula is C10H7NO3S. The van der Waals surface area contributed by atoms with Gasteiger partial charge in [0.2, 0.25) is 5.88 Å². The number of benzene rings is 1. The highest BCUT2D eigenvalue weighted by Gasteiger charge is 2.12. The summed E-state index contributed by atoms with van der Waals surface area (Å²) in [4.78, 5) is 15.0. The summed E-state index contributed by atoms with van der Waals surface area (Å²) in [5.74, 6) is 0.138. The highest BCUT2D eigenvalue weighted by molar-refractivity contribution is 7.13. The van der Waals surface area contributed by atoms with Crippen molar-refractivity contribution in [3.63, 3.8) is 0 Å². The second-order valence-corrected chi connectivity index (χ2v) is 3.58. The van der Waals surface area contributed by atoms with E-state index in [2.05, 4.69) is 9.72 Å². The quantitative estimate of drug-likeness (QED) is 0.792. The van der Waals surface area contributed by atoms with Gasteiger partial charge in [-0.3, -0.25) is 0 Å². The summed E-state index contributed by atoms with van der Waals surface area (Å²) in [6.07, 6.45) is -1.35. The third-order valence-electron chi connectivity index (χ3n) is 1.75. The summed E-state index contributed by atoms with van der Waals surface area (Å²) in [5.41, 5.74) is 2.46. The fraction of sp³-hybridized carbons (Fsp3) is 0. The van der Waals surface area contributed by atoms with Gasteiger partial charge in [-0.25, -0.2) is 9.78 Å². The molecule has 4 nitrogen and oxygen atoms in total. The number of thiazole rings is 1. The van der Waals surface area contributed by atoms with Gasteiger partial charge >= 0.3 is 6.16 Å². The van der Waals surface area contributed by atoms with Crippen LogP contribution in [0.5, 0.6) is 5.88 Å². The zero-order valence-corrected chi connectivity index (χ0v) is 8.40. The molecule has 5 heteroatoms. The molecule has 0 unspecified atom stereocenters. The lowest BCUT2D eigenvalue weighted by Gasteiger charge is -1.99. The Kier molecular flexibility index (Phi) is 2.64. The molecule has 1 heterocycles.